The zero-order chi connectivity index (χ0) is 17.2. The first-order valence-electron chi connectivity index (χ1n) is 8.05. The van der Waals surface area contributed by atoms with E-state index in [2.05, 4.69) is 18.2 Å². The molecule has 0 atom stereocenters. The molecule has 5 heteroatoms. The van der Waals surface area contributed by atoms with E-state index in [9.17, 15) is 4.79 Å². The van der Waals surface area contributed by atoms with Crippen molar-refractivity contribution < 1.29 is 9.53 Å². The number of fused-ring (bicyclic) bond motifs is 1. The maximum atomic E-state index is 11.2. The highest BCUT2D eigenvalue weighted by atomic mass is 32.1. The third-order valence-electron chi connectivity index (χ3n) is 4.05. The van der Waals surface area contributed by atoms with E-state index in [0.29, 0.717) is 12.3 Å². The monoisotopic (exact) mass is 348 g/mol. The summed E-state index contributed by atoms with van der Waals surface area (Å²) in [7, 11) is 0. The molecule has 0 unspecified atom stereocenters. The summed E-state index contributed by atoms with van der Waals surface area (Å²) in [4.78, 5) is 16.0. The van der Waals surface area contributed by atoms with E-state index in [0.717, 1.165) is 39.2 Å². The number of aldehydes is 1. The number of carbonyl (C=O) groups is 1. The molecule has 4 rings (SSSR count). The summed E-state index contributed by atoms with van der Waals surface area (Å²) in [6, 6.07) is 15.9. The van der Waals surface area contributed by atoms with Crippen LogP contribution in [0.5, 0.6) is 5.75 Å². The minimum absolute atomic E-state index is 0.587. The van der Waals surface area contributed by atoms with Gasteiger partial charge in [-0.2, -0.15) is 0 Å². The van der Waals surface area contributed by atoms with Gasteiger partial charge in [-0.05, 0) is 35.9 Å². The summed E-state index contributed by atoms with van der Waals surface area (Å²) in [5.74, 6) is 0.821. The number of aromatic nitrogens is 2. The van der Waals surface area contributed by atoms with Gasteiger partial charge in [0.1, 0.15) is 5.75 Å². The molecule has 2 aromatic carbocycles. The zero-order valence-electron chi connectivity index (χ0n) is 13.7. The van der Waals surface area contributed by atoms with Crippen molar-refractivity contribution in [2.75, 3.05) is 6.61 Å². The zero-order valence-corrected chi connectivity index (χ0v) is 14.5. The lowest BCUT2D eigenvalue weighted by molar-refractivity contribution is 0.111. The van der Waals surface area contributed by atoms with E-state index in [-0.39, 0.29) is 0 Å². The second-order valence-corrected chi connectivity index (χ2v) is 6.37. The average Bonchev–Trinajstić information content (AvgIpc) is 3.30. The van der Waals surface area contributed by atoms with Crippen LogP contribution in [-0.4, -0.2) is 22.4 Å². The molecule has 0 saturated heterocycles. The van der Waals surface area contributed by atoms with Crippen molar-refractivity contribution in [3.05, 3.63) is 65.8 Å². The van der Waals surface area contributed by atoms with E-state index >= 15 is 0 Å². The minimum atomic E-state index is 0.587. The number of ether oxygens (including phenoxy) is 1. The number of thiazole rings is 1. The van der Waals surface area contributed by atoms with Gasteiger partial charge in [0.2, 0.25) is 0 Å². The molecule has 0 aliphatic rings. The molecule has 0 aliphatic carbocycles. The number of carbonyl (C=O) groups excluding carboxylic acids is 1. The van der Waals surface area contributed by atoms with Crippen molar-refractivity contribution in [1.82, 2.24) is 9.55 Å². The maximum Gasteiger partial charge on any atom is 0.194 e. The summed E-state index contributed by atoms with van der Waals surface area (Å²) in [5, 5.41) is 5.02. The Kier molecular flexibility index (Phi) is 4.07. The number of benzene rings is 2. The van der Waals surface area contributed by atoms with Crippen LogP contribution in [0, 0.1) is 0 Å². The number of hydrogen-bond acceptors (Lipinski definition) is 4. The molecular weight excluding hydrogens is 332 g/mol. The first-order chi connectivity index (χ1) is 12.3. The van der Waals surface area contributed by atoms with Crippen molar-refractivity contribution in [3.63, 3.8) is 0 Å². The van der Waals surface area contributed by atoms with Gasteiger partial charge >= 0.3 is 0 Å². The van der Waals surface area contributed by atoms with E-state index < -0.39 is 0 Å². The maximum absolute atomic E-state index is 11.2. The van der Waals surface area contributed by atoms with Crippen LogP contribution in [-0.2, 0) is 0 Å². The third kappa shape index (κ3) is 2.72. The Labute approximate surface area is 149 Å². The third-order valence-corrected chi connectivity index (χ3v) is 4.89. The van der Waals surface area contributed by atoms with Gasteiger partial charge in [-0.15, -0.1) is 11.3 Å². The normalized spacial score (nSPS) is 10.9. The molecule has 124 valence electrons. The predicted molar refractivity (Wildman–Crippen MR) is 101 cm³/mol. The van der Waals surface area contributed by atoms with Crippen LogP contribution < -0.4 is 4.74 Å². The number of hydrogen-bond donors (Lipinski definition) is 0. The molecule has 4 aromatic rings. The molecule has 0 saturated carbocycles. The van der Waals surface area contributed by atoms with E-state index in [1.807, 2.05) is 42.8 Å². The Morgan fingerprint density at radius 1 is 1.16 bits per heavy atom. The molecule has 0 radical (unpaired) electrons. The second kappa shape index (κ2) is 6.53. The first kappa shape index (κ1) is 15.6. The standard InChI is InChI=1S/C20H16N2O2S/c1-2-24-18-10-9-14-6-3-4-8-16(14)19(18)17-13-25-20(21-17)22-11-5-7-15(22)12-23/h3-13H,2H2,1H3. The fraction of sp³-hybridized carbons (Fsp3) is 0.100. The summed E-state index contributed by atoms with van der Waals surface area (Å²) in [5.41, 5.74) is 2.43. The van der Waals surface area contributed by atoms with Gasteiger partial charge < -0.3 is 4.74 Å². The molecule has 2 heterocycles. The van der Waals surface area contributed by atoms with Gasteiger partial charge in [0, 0.05) is 11.6 Å². The van der Waals surface area contributed by atoms with Crippen molar-refractivity contribution in [3.8, 4) is 22.1 Å². The van der Waals surface area contributed by atoms with Crippen molar-refractivity contribution in [2.45, 2.75) is 6.92 Å². The Balaban J connectivity index is 1.90. The van der Waals surface area contributed by atoms with E-state index in [4.69, 9.17) is 9.72 Å². The lowest BCUT2D eigenvalue weighted by atomic mass is 10.0. The first-order valence-corrected chi connectivity index (χ1v) is 8.93. The average molecular weight is 348 g/mol. The smallest absolute Gasteiger partial charge is 0.194 e. The Morgan fingerprint density at radius 2 is 2.04 bits per heavy atom. The lowest BCUT2D eigenvalue weighted by Gasteiger charge is -2.11. The van der Waals surface area contributed by atoms with Crippen molar-refractivity contribution in [1.29, 1.82) is 0 Å². The van der Waals surface area contributed by atoms with Crippen LogP contribution in [0.4, 0.5) is 0 Å². The number of nitrogens with zero attached hydrogens (tertiary/aromatic N) is 2. The summed E-state index contributed by atoms with van der Waals surface area (Å²) >= 11 is 1.50. The highest BCUT2D eigenvalue weighted by Crippen LogP contribution is 2.38. The van der Waals surface area contributed by atoms with Gasteiger partial charge in [0.25, 0.3) is 0 Å². The molecule has 0 N–H and O–H groups in total. The largest absolute Gasteiger partial charge is 0.493 e. The molecule has 2 aromatic heterocycles. The SMILES string of the molecule is CCOc1ccc2ccccc2c1-c1csc(-n2cccc2C=O)n1. The topological polar surface area (TPSA) is 44.1 Å². The summed E-state index contributed by atoms with van der Waals surface area (Å²) in [6.07, 6.45) is 2.68. The Morgan fingerprint density at radius 3 is 2.88 bits per heavy atom. The predicted octanol–water partition coefficient (Wildman–Crippen LogP) is 4.97. The van der Waals surface area contributed by atoms with E-state index in [1.54, 1.807) is 10.6 Å². The van der Waals surface area contributed by atoms with Crippen molar-refractivity contribution >= 4 is 28.4 Å². The highest BCUT2D eigenvalue weighted by molar-refractivity contribution is 7.12. The fourth-order valence-electron chi connectivity index (χ4n) is 2.95. The molecule has 0 bridgehead atoms. The molecule has 0 fully saturated rings. The van der Waals surface area contributed by atoms with Gasteiger partial charge in [-0.1, -0.05) is 30.3 Å². The van der Waals surface area contributed by atoms with Crippen LogP contribution in [0.3, 0.4) is 0 Å². The van der Waals surface area contributed by atoms with Crippen LogP contribution in [0.15, 0.2) is 60.1 Å². The lowest BCUT2D eigenvalue weighted by Crippen LogP contribution is -1.98. The fourth-order valence-corrected chi connectivity index (χ4v) is 3.76. The number of rotatable bonds is 5. The van der Waals surface area contributed by atoms with Crippen molar-refractivity contribution in [2.24, 2.45) is 0 Å². The Hall–Kier alpha value is -2.92. The van der Waals surface area contributed by atoms with Crippen LogP contribution >= 0.6 is 11.3 Å². The van der Waals surface area contributed by atoms with Crippen LogP contribution in [0.25, 0.3) is 27.2 Å². The highest BCUT2D eigenvalue weighted by Gasteiger charge is 2.15. The summed E-state index contributed by atoms with van der Waals surface area (Å²) in [6.45, 7) is 2.57. The Bertz CT molecular complexity index is 1050. The molecule has 0 aliphatic heterocycles. The van der Waals surface area contributed by atoms with Gasteiger partial charge in [-0.3, -0.25) is 9.36 Å². The second-order valence-electron chi connectivity index (χ2n) is 5.53. The summed E-state index contributed by atoms with van der Waals surface area (Å²) < 4.78 is 7.64. The quantitative estimate of drug-likeness (QED) is 0.479. The van der Waals surface area contributed by atoms with E-state index in [1.165, 1.54) is 11.3 Å². The molecule has 4 nitrogen and oxygen atoms in total. The molecule has 25 heavy (non-hydrogen) atoms. The van der Waals surface area contributed by atoms with Crippen LogP contribution in [0.2, 0.25) is 0 Å². The minimum Gasteiger partial charge on any atom is -0.493 e. The van der Waals surface area contributed by atoms with Gasteiger partial charge in [0.05, 0.1) is 23.6 Å². The molecular formula is C20H16N2O2S. The molecule has 0 amide bonds. The van der Waals surface area contributed by atoms with Gasteiger partial charge in [0.15, 0.2) is 11.4 Å². The van der Waals surface area contributed by atoms with Crippen LogP contribution in [0.1, 0.15) is 17.4 Å². The molecule has 0 spiro atoms. The van der Waals surface area contributed by atoms with Gasteiger partial charge in [-0.25, -0.2) is 4.98 Å².